The average Bonchev–Trinajstić information content (AvgIpc) is 2.68. The van der Waals surface area contributed by atoms with E-state index in [-0.39, 0.29) is 0 Å². The zero-order valence-electron chi connectivity index (χ0n) is 14.1. The summed E-state index contributed by atoms with van der Waals surface area (Å²) in [5.41, 5.74) is 11.2. The van der Waals surface area contributed by atoms with E-state index in [1.54, 1.807) is 12.3 Å². The molecule has 0 unspecified atom stereocenters. The second kappa shape index (κ2) is 6.76. The first-order valence-corrected chi connectivity index (χ1v) is 8.38. The van der Waals surface area contributed by atoms with Crippen molar-refractivity contribution in [2.75, 3.05) is 0 Å². The Morgan fingerprint density at radius 2 is 1.81 bits per heavy atom. The molecular weight excluding hydrogens is 322 g/mol. The molecule has 0 saturated carbocycles. The maximum atomic E-state index is 12.0. The summed E-state index contributed by atoms with van der Waals surface area (Å²) >= 11 is 0. The van der Waals surface area contributed by atoms with E-state index in [2.05, 4.69) is 22.1 Å². The summed E-state index contributed by atoms with van der Waals surface area (Å²) in [5, 5.41) is 0.958. The summed E-state index contributed by atoms with van der Waals surface area (Å²) in [6.07, 6.45) is 3.97. The topological polar surface area (TPSA) is 68.9 Å². The van der Waals surface area contributed by atoms with E-state index in [1.807, 2.05) is 48.5 Å². The Balaban J connectivity index is 1.89. The van der Waals surface area contributed by atoms with Crippen LogP contribution in [0.15, 0.2) is 79.3 Å². The van der Waals surface area contributed by atoms with Crippen LogP contribution in [0.3, 0.4) is 0 Å². The van der Waals surface area contributed by atoms with Gasteiger partial charge in [-0.05, 0) is 46.9 Å². The smallest absolute Gasteiger partial charge is 0.249 e. The lowest BCUT2D eigenvalue weighted by Gasteiger charge is -2.14. The van der Waals surface area contributed by atoms with Crippen molar-refractivity contribution in [3.05, 3.63) is 95.9 Å². The molecule has 0 aliphatic heterocycles. The standard InChI is InChI=1S/C22H17N3O/c23-22(26)19-8-4-7-18(20(19)11-15-5-2-1-3-6-15)16-9-10-21-17(12-16)13-24-14-25-21/h1-10,12-14H,11H2,(H2,23,26). The van der Waals surface area contributed by atoms with Gasteiger partial charge in [0.15, 0.2) is 0 Å². The number of hydrogen-bond donors (Lipinski definition) is 1. The first-order valence-electron chi connectivity index (χ1n) is 8.38. The summed E-state index contributed by atoms with van der Waals surface area (Å²) < 4.78 is 0. The van der Waals surface area contributed by atoms with Gasteiger partial charge in [0.05, 0.1) is 5.52 Å². The molecule has 0 atom stereocenters. The third-order valence-electron chi connectivity index (χ3n) is 4.48. The third kappa shape index (κ3) is 3.05. The zero-order chi connectivity index (χ0) is 17.9. The number of fused-ring (bicyclic) bond motifs is 1. The van der Waals surface area contributed by atoms with Crippen molar-refractivity contribution >= 4 is 16.8 Å². The molecule has 4 aromatic rings. The van der Waals surface area contributed by atoms with Crippen molar-refractivity contribution in [3.63, 3.8) is 0 Å². The van der Waals surface area contributed by atoms with E-state index < -0.39 is 5.91 Å². The monoisotopic (exact) mass is 339 g/mol. The number of carbonyl (C=O) groups excluding carboxylic acids is 1. The Labute approximate surface area is 151 Å². The molecular formula is C22H17N3O. The summed E-state index contributed by atoms with van der Waals surface area (Å²) in [4.78, 5) is 20.4. The molecule has 4 nitrogen and oxygen atoms in total. The van der Waals surface area contributed by atoms with Gasteiger partial charge >= 0.3 is 0 Å². The molecule has 0 saturated heterocycles. The van der Waals surface area contributed by atoms with E-state index in [9.17, 15) is 4.79 Å². The molecule has 0 bridgehead atoms. The van der Waals surface area contributed by atoms with Crippen molar-refractivity contribution < 1.29 is 4.79 Å². The second-order valence-corrected chi connectivity index (χ2v) is 6.15. The minimum absolute atomic E-state index is 0.415. The number of amides is 1. The largest absolute Gasteiger partial charge is 0.366 e. The van der Waals surface area contributed by atoms with Gasteiger partial charge in [-0.3, -0.25) is 4.79 Å². The highest BCUT2D eigenvalue weighted by molar-refractivity contribution is 5.97. The molecule has 1 amide bonds. The lowest BCUT2D eigenvalue weighted by molar-refractivity contribution is 0.0999. The van der Waals surface area contributed by atoms with Crippen LogP contribution in [0.25, 0.3) is 22.0 Å². The number of hydrogen-bond acceptors (Lipinski definition) is 3. The predicted molar refractivity (Wildman–Crippen MR) is 103 cm³/mol. The lowest BCUT2D eigenvalue weighted by atomic mass is 9.90. The molecule has 0 radical (unpaired) electrons. The summed E-state index contributed by atoms with van der Waals surface area (Å²) in [5.74, 6) is -0.415. The number of primary amides is 1. The van der Waals surface area contributed by atoms with Crippen LogP contribution in [0.5, 0.6) is 0 Å². The van der Waals surface area contributed by atoms with Gasteiger partial charge in [0.2, 0.25) is 5.91 Å². The number of carbonyl (C=O) groups is 1. The molecule has 0 aliphatic carbocycles. The number of benzene rings is 3. The van der Waals surface area contributed by atoms with Gasteiger partial charge in [0.25, 0.3) is 0 Å². The van der Waals surface area contributed by atoms with E-state index >= 15 is 0 Å². The SMILES string of the molecule is NC(=O)c1cccc(-c2ccc3ncncc3c2)c1Cc1ccccc1. The normalized spacial score (nSPS) is 10.8. The van der Waals surface area contributed by atoms with Crippen molar-refractivity contribution in [1.82, 2.24) is 9.97 Å². The maximum absolute atomic E-state index is 12.0. The fraction of sp³-hybridized carbons (Fsp3) is 0.0455. The first kappa shape index (κ1) is 16.0. The van der Waals surface area contributed by atoms with Gasteiger partial charge in [-0.2, -0.15) is 0 Å². The maximum Gasteiger partial charge on any atom is 0.249 e. The molecule has 26 heavy (non-hydrogen) atoms. The summed E-state index contributed by atoms with van der Waals surface area (Å²) in [6.45, 7) is 0. The van der Waals surface area contributed by atoms with E-state index in [1.165, 1.54) is 6.33 Å². The van der Waals surface area contributed by atoms with Crippen LogP contribution in [0.2, 0.25) is 0 Å². The number of aromatic nitrogens is 2. The highest BCUT2D eigenvalue weighted by Gasteiger charge is 2.15. The molecule has 4 heteroatoms. The summed E-state index contributed by atoms with van der Waals surface area (Å²) in [7, 11) is 0. The van der Waals surface area contributed by atoms with Crippen molar-refractivity contribution in [3.8, 4) is 11.1 Å². The van der Waals surface area contributed by atoms with Crippen LogP contribution >= 0.6 is 0 Å². The Bertz CT molecular complexity index is 1090. The Morgan fingerprint density at radius 3 is 2.62 bits per heavy atom. The van der Waals surface area contributed by atoms with Crippen LogP contribution in [-0.4, -0.2) is 15.9 Å². The molecule has 0 aliphatic rings. The Hall–Kier alpha value is -3.53. The Morgan fingerprint density at radius 1 is 0.962 bits per heavy atom. The molecule has 0 fully saturated rings. The van der Waals surface area contributed by atoms with Gasteiger partial charge in [0, 0.05) is 17.1 Å². The summed E-state index contributed by atoms with van der Waals surface area (Å²) in [6, 6.07) is 21.8. The van der Waals surface area contributed by atoms with Crippen LogP contribution in [0, 0.1) is 0 Å². The van der Waals surface area contributed by atoms with Gasteiger partial charge < -0.3 is 5.73 Å². The zero-order valence-corrected chi connectivity index (χ0v) is 14.1. The molecule has 1 aromatic heterocycles. The number of nitrogens with zero attached hydrogens (tertiary/aromatic N) is 2. The predicted octanol–water partition coefficient (Wildman–Crippen LogP) is 3.99. The van der Waals surface area contributed by atoms with Crippen LogP contribution in [0.4, 0.5) is 0 Å². The molecule has 126 valence electrons. The van der Waals surface area contributed by atoms with E-state index in [0.29, 0.717) is 12.0 Å². The minimum atomic E-state index is -0.415. The molecule has 3 aromatic carbocycles. The van der Waals surface area contributed by atoms with Crippen LogP contribution in [0.1, 0.15) is 21.5 Å². The minimum Gasteiger partial charge on any atom is -0.366 e. The van der Waals surface area contributed by atoms with Gasteiger partial charge in [0.1, 0.15) is 6.33 Å². The highest BCUT2D eigenvalue weighted by Crippen LogP contribution is 2.30. The van der Waals surface area contributed by atoms with Crippen LogP contribution < -0.4 is 5.73 Å². The second-order valence-electron chi connectivity index (χ2n) is 6.15. The van der Waals surface area contributed by atoms with Crippen LogP contribution in [-0.2, 0) is 6.42 Å². The van der Waals surface area contributed by atoms with Gasteiger partial charge in [-0.1, -0.05) is 48.5 Å². The van der Waals surface area contributed by atoms with Gasteiger partial charge in [-0.25, -0.2) is 9.97 Å². The van der Waals surface area contributed by atoms with Crippen molar-refractivity contribution in [1.29, 1.82) is 0 Å². The molecule has 4 rings (SSSR count). The first-order chi connectivity index (χ1) is 12.7. The van der Waals surface area contributed by atoms with Gasteiger partial charge in [-0.15, -0.1) is 0 Å². The average molecular weight is 339 g/mol. The fourth-order valence-electron chi connectivity index (χ4n) is 3.23. The van der Waals surface area contributed by atoms with E-state index in [4.69, 9.17) is 5.73 Å². The fourth-order valence-corrected chi connectivity index (χ4v) is 3.23. The highest BCUT2D eigenvalue weighted by atomic mass is 16.1. The third-order valence-corrected chi connectivity index (χ3v) is 4.48. The molecule has 2 N–H and O–H groups in total. The van der Waals surface area contributed by atoms with Crippen molar-refractivity contribution in [2.45, 2.75) is 6.42 Å². The van der Waals surface area contributed by atoms with E-state index in [0.717, 1.165) is 33.2 Å². The lowest BCUT2D eigenvalue weighted by Crippen LogP contribution is -2.14. The van der Waals surface area contributed by atoms with Crippen molar-refractivity contribution in [2.24, 2.45) is 5.73 Å². The number of rotatable bonds is 4. The molecule has 0 spiro atoms. The Kier molecular flexibility index (Phi) is 4.15. The molecule has 1 heterocycles. The quantitative estimate of drug-likeness (QED) is 0.611. The number of nitrogens with two attached hydrogens (primary N) is 1.